The number of likely N-dealkylation sites (tertiary alicyclic amines) is 1. The summed E-state index contributed by atoms with van der Waals surface area (Å²) in [5, 5.41) is 0. The molecule has 0 spiro atoms. The third kappa shape index (κ3) is 4.28. The predicted octanol–water partition coefficient (Wildman–Crippen LogP) is 3.25. The Hall–Kier alpha value is -2.04. The van der Waals surface area contributed by atoms with Crippen molar-refractivity contribution in [2.24, 2.45) is 11.7 Å². The van der Waals surface area contributed by atoms with Crippen LogP contribution in [0, 0.1) is 5.92 Å². The van der Waals surface area contributed by atoms with Gasteiger partial charge in [-0.3, -0.25) is 4.79 Å². The summed E-state index contributed by atoms with van der Waals surface area (Å²) < 4.78 is 5.35. The number of hydrogen-bond donors (Lipinski definition) is 1. The van der Waals surface area contributed by atoms with E-state index in [4.69, 9.17) is 10.5 Å². The van der Waals surface area contributed by atoms with Crippen LogP contribution in [0.15, 0.2) is 24.3 Å². The van der Waals surface area contributed by atoms with Crippen molar-refractivity contribution in [1.82, 2.24) is 4.90 Å². The van der Waals surface area contributed by atoms with Crippen LogP contribution in [0.2, 0.25) is 0 Å². The first-order valence-corrected chi connectivity index (χ1v) is 8.45. The van der Waals surface area contributed by atoms with Crippen LogP contribution in [0.3, 0.4) is 0 Å². The van der Waals surface area contributed by atoms with Crippen molar-refractivity contribution < 1.29 is 14.3 Å². The van der Waals surface area contributed by atoms with Crippen LogP contribution in [-0.2, 0) is 9.53 Å². The van der Waals surface area contributed by atoms with E-state index in [-0.39, 0.29) is 23.8 Å². The smallest absolute Gasteiger partial charge is 0.410 e. The average molecular weight is 332 g/mol. The summed E-state index contributed by atoms with van der Waals surface area (Å²) in [6, 6.07) is 8.03. The number of nitrogens with zero attached hydrogens (tertiary/aromatic N) is 1. The van der Waals surface area contributed by atoms with E-state index in [1.54, 1.807) is 4.90 Å². The second-order valence-corrected chi connectivity index (χ2v) is 7.85. The van der Waals surface area contributed by atoms with Crippen molar-refractivity contribution in [2.75, 3.05) is 13.1 Å². The molecule has 1 unspecified atom stereocenters. The summed E-state index contributed by atoms with van der Waals surface area (Å²) >= 11 is 0. The lowest BCUT2D eigenvalue weighted by molar-refractivity contribution is -0.122. The second kappa shape index (κ2) is 6.83. The Morgan fingerprint density at radius 1 is 1.12 bits per heavy atom. The van der Waals surface area contributed by atoms with Gasteiger partial charge in [0.2, 0.25) is 5.91 Å². The predicted molar refractivity (Wildman–Crippen MR) is 93.8 cm³/mol. The van der Waals surface area contributed by atoms with Crippen LogP contribution in [0.5, 0.6) is 0 Å². The standard InChI is InChI=1S/C19H28N2O3/c1-12(2)13-6-8-14(9-7-13)16(17(20)22)15-10-21(11-15)18(23)24-19(3,4)5/h6-9,12,15-16H,10-11H2,1-5H3,(H2,20,22). The average Bonchev–Trinajstić information content (AvgIpc) is 2.39. The summed E-state index contributed by atoms with van der Waals surface area (Å²) in [5.41, 5.74) is 7.26. The maximum absolute atomic E-state index is 12.0. The quantitative estimate of drug-likeness (QED) is 0.920. The molecule has 5 nitrogen and oxygen atoms in total. The molecular formula is C19H28N2O3. The van der Waals surface area contributed by atoms with Crippen LogP contribution < -0.4 is 5.73 Å². The zero-order valence-corrected chi connectivity index (χ0v) is 15.2. The van der Waals surface area contributed by atoms with Crippen LogP contribution in [0.1, 0.15) is 57.6 Å². The molecule has 0 saturated carbocycles. The van der Waals surface area contributed by atoms with Crippen molar-refractivity contribution in [3.05, 3.63) is 35.4 Å². The van der Waals surface area contributed by atoms with Gasteiger partial charge in [-0.2, -0.15) is 0 Å². The Morgan fingerprint density at radius 2 is 1.62 bits per heavy atom. The molecule has 1 saturated heterocycles. The fourth-order valence-corrected chi connectivity index (χ4v) is 2.96. The number of benzene rings is 1. The summed E-state index contributed by atoms with van der Waals surface area (Å²) in [4.78, 5) is 25.6. The number of hydrogen-bond acceptors (Lipinski definition) is 3. The van der Waals surface area contributed by atoms with Gasteiger partial charge in [0.15, 0.2) is 0 Å². The fraction of sp³-hybridized carbons (Fsp3) is 0.579. The second-order valence-electron chi connectivity index (χ2n) is 7.85. The molecular weight excluding hydrogens is 304 g/mol. The van der Waals surface area contributed by atoms with E-state index < -0.39 is 5.60 Å². The van der Waals surface area contributed by atoms with E-state index in [0.717, 1.165) is 5.56 Å². The third-order valence-electron chi connectivity index (χ3n) is 4.30. The zero-order chi connectivity index (χ0) is 18.1. The minimum Gasteiger partial charge on any atom is -0.444 e. The van der Waals surface area contributed by atoms with E-state index in [2.05, 4.69) is 13.8 Å². The molecule has 0 aromatic heterocycles. The molecule has 1 heterocycles. The summed E-state index contributed by atoms with van der Waals surface area (Å²) in [6.45, 7) is 10.8. The number of carbonyl (C=O) groups excluding carboxylic acids is 2. The lowest BCUT2D eigenvalue weighted by Gasteiger charge is -2.42. The number of amides is 2. The first-order valence-electron chi connectivity index (χ1n) is 8.45. The van der Waals surface area contributed by atoms with Gasteiger partial charge in [0.1, 0.15) is 5.60 Å². The van der Waals surface area contributed by atoms with E-state index in [9.17, 15) is 9.59 Å². The SMILES string of the molecule is CC(C)c1ccc(C(C(N)=O)C2CN(C(=O)OC(C)(C)C)C2)cc1. The largest absolute Gasteiger partial charge is 0.444 e. The minimum absolute atomic E-state index is 0.0416. The molecule has 0 radical (unpaired) electrons. The van der Waals surface area contributed by atoms with Gasteiger partial charge in [0.25, 0.3) is 0 Å². The Bertz CT molecular complexity index is 596. The van der Waals surface area contributed by atoms with E-state index >= 15 is 0 Å². The minimum atomic E-state index is -0.516. The van der Waals surface area contributed by atoms with E-state index in [1.165, 1.54) is 5.56 Å². The zero-order valence-electron chi connectivity index (χ0n) is 15.2. The lowest BCUT2D eigenvalue weighted by Crippen LogP contribution is -2.55. The lowest BCUT2D eigenvalue weighted by atomic mass is 9.80. The van der Waals surface area contributed by atoms with E-state index in [0.29, 0.717) is 19.0 Å². The highest BCUT2D eigenvalue weighted by Crippen LogP contribution is 2.33. The van der Waals surface area contributed by atoms with Crippen molar-refractivity contribution in [3.63, 3.8) is 0 Å². The normalized spacial score (nSPS) is 16.7. The maximum Gasteiger partial charge on any atom is 0.410 e. The number of rotatable bonds is 4. The highest BCUT2D eigenvalue weighted by Gasteiger charge is 2.41. The van der Waals surface area contributed by atoms with Gasteiger partial charge in [-0.05, 0) is 37.8 Å². The first-order chi connectivity index (χ1) is 11.1. The molecule has 1 atom stereocenters. The molecule has 24 heavy (non-hydrogen) atoms. The molecule has 1 aliphatic rings. The molecule has 1 aliphatic heterocycles. The maximum atomic E-state index is 12.0. The van der Waals surface area contributed by atoms with Gasteiger partial charge in [-0.1, -0.05) is 38.1 Å². The van der Waals surface area contributed by atoms with Crippen molar-refractivity contribution in [2.45, 2.75) is 52.1 Å². The summed E-state index contributed by atoms with van der Waals surface area (Å²) in [7, 11) is 0. The van der Waals surface area contributed by atoms with Crippen LogP contribution in [-0.4, -0.2) is 35.6 Å². The topological polar surface area (TPSA) is 72.6 Å². The Labute approximate surface area is 144 Å². The molecule has 1 aromatic rings. The van der Waals surface area contributed by atoms with Gasteiger partial charge in [0.05, 0.1) is 5.92 Å². The van der Waals surface area contributed by atoms with Crippen LogP contribution >= 0.6 is 0 Å². The number of primary amides is 1. The van der Waals surface area contributed by atoms with Gasteiger partial charge in [-0.25, -0.2) is 4.79 Å². The molecule has 1 aromatic carbocycles. The highest BCUT2D eigenvalue weighted by atomic mass is 16.6. The molecule has 2 N–H and O–H groups in total. The highest BCUT2D eigenvalue weighted by molar-refractivity contribution is 5.83. The van der Waals surface area contributed by atoms with Crippen LogP contribution in [0.25, 0.3) is 0 Å². The molecule has 5 heteroatoms. The summed E-state index contributed by atoms with van der Waals surface area (Å²) in [5.74, 6) is -0.233. The van der Waals surface area contributed by atoms with Gasteiger partial charge >= 0.3 is 6.09 Å². The Balaban J connectivity index is 2.03. The Morgan fingerprint density at radius 3 is 2.04 bits per heavy atom. The number of ether oxygens (including phenoxy) is 1. The van der Waals surface area contributed by atoms with Gasteiger partial charge in [0, 0.05) is 19.0 Å². The Kier molecular flexibility index (Phi) is 5.21. The van der Waals surface area contributed by atoms with Crippen LogP contribution in [0.4, 0.5) is 4.79 Å². The van der Waals surface area contributed by atoms with Crippen molar-refractivity contribution in [3.8, 4) is 0 Å². The van der Waals surface area contributed by atoms with Crippen molar-refractivity contribution in [1.29, 1.82) is 0 Å². The molecule has 0 bridgehead atoms. The molecule has 1 fully saturated rings. The van der Waals surface area contributed by atoms with Gasteiger partial charge < -0.3 is 15.4 Å². The number of carbonyl (C=O) groups is 2. The monoisotopic (exact) mass is 332 g/mol. The number of nitrogens with two attached hydrogens (primary N) is 1. The molecule has 132 valence electrons. The van der Waals surface area contributed by atoms with E-state index in [1.807, 2.05) is 45.0 Å². The molecule has 0 aliphatic carbocycles. The molecule has 2 rings (SSSR count). The first kappa shape index (κ1) is 18.3. The fourth-order valence-electron chi connectivity index (χ4n) is 2.96. The third-order valence-corrected chi connectivity index (χ3v) is 4.30. The van der Waals surface area contributed by atoms with Crippen molar-refractivity contribution >= 4 is 12.0 Å². The molecule has 2 amide bonds. The summed E-state index contributed by atoms with van der Waals surface area (Å²) in [6.07, 6.45) is -0.336. The van der Waals surface area contributed by atoms with Gasteiger partial charge in [-0.15, -0.1) is 0 Å².